The lowest BCUT2D eigenvalue weighted by atomic mass is 10.1. The molecule has 4 nitrogen and oxygen atoms in total. The second-order valence-corrected chi connectivity index (χ2v) is 5.51. The maximum atomic E-state index is 11.4. The molecule has 0 spiro atoms. The molecule has 2 aromatic heterocycles. The molecule has 0 atom stereocenters. The van der Waals surface area contributed by atoms with Gasteiger partial charge >= 0.3 is 5.97 Å². The molecule has 1 aromatic carbocycles. The van der Waals surface area contributed by atoms with E-state index in [0.29, 0.717) is 5.75 Å². The molecule has 0 bridgehead atoms. The van der Waals surface area contributed by atoms with Crippen molar-refractivity contribution in [3.63, 3.8) is 0 Å². The van der Waals surface area contributed by atoms with Crippen LogP contribution < -0.4 is 9.47 Å². The summed E-state index contributed by atoms with van der Waals surface area (Å²) in [6.07, 6.45) is 3.45. The Morgan fingerprint density at radius 2 is 1.95 bits per heavy atom. The predicted octanol–water partition coefficient (Wildman–Crippen LogP) is 3.90. The second-order valence-electron chi connectivity index (χ2n) is 4.45. The van der Waals surface area contributed by atoms with Gasteiger partial charge in [-0.1, -0.05) is 0 Å². The quantitative estimate of drug-likeness (QED) is 0.688. The van der Waals surface area contributed by atoms with Crippen LogP contribution in [0.15, 0.2) is 42.7 Å². The summed E-state index contributed by atoms with van der Waals surface area (Å²) < 4.78 is 11.6. The monoisotopic (exact) mass is 299 g/mol. The van der Waals surface area contributed by atoms with E-state index in [9.17, 15) is 4.79 Å². The van der Waals surface area contributed by atoms with E-state index in [4.69, 9.17) is 9.47 Å². The van der Waals surface area contributed by atoms with Gasteiger partial charge in [-0.3, -0.25) is 9.78 Å². The summed E-state index contributed by atoms with van der Waals surface area (Å²) in [4.78, 5) is 16.4. The Morgan fingerprint density at radius 3 is 2.62 bits per heavy atom. The van der Waals surface area contributed by atoms with Gasteiger partial charge in [-0.2, -0.15) is 0 Å². The number of methoxy groups -OCH3 is 1. The van der Waals surface area contributed by atoms with Gasteiger partial charge in [0.15, 0.2) is 5.75 Å². The van der Waals surface area contributed by atoms with Gasteiger partial charge in [-0.25, -0.2) is 0 Å². The molecule has 0 N–H and O–H groups in total. The molecular weight excluding hydrogens is 286 g/mol. The molecule has 21 heavy (non-hydrogen) atoms. The Bertz CT molecular complexity index is 793. The van der Waals surface area contributed by atoms with Crippen LogP contribution in [-0.2, 0) is 4.79 Å². The summed E-state index contributed by atoms with van der Waals surface area (Å²) in [6, 6.07) is 9.58. The Labute approximate surface area is 126 Å². The minimum atomic E-state index is -0.340. The number of thiophene rings is 1. The van der Waals surface area contributed by atoms with Gasteiger partial charge in [-0.15, -0.1) is 11.3 Å². The zero-order valence-electron chi connectivity index (χ0n) is 11.6. The number of carbonyl (C=O) groups is 1. The first-order valence-corrected chi connectivity index (χ1v) is 7.20. The van der Waals surface area contributed by atoms with E-state index in [1.807, 2.05) is 30.3 Å². The van der Waals surface area contributed by atoms with E-state index in [-0.39, 0.29) is 5.97 Å². The van der Waals surface area contributed by atoms with Crippen molar-refractivity contribution in [1.29, 1.82) is 0 Å². The third-order valence-corrected chi connectivity index (χ3v) is 4.24. The Balaban J connectivity index is 2.17. The molecule has 0 amide bonds. The first-order chi connectivity index (χ1) is 10.2. The third-order valence-electron chi connectivity index (χ3n) is 3.04. The maximum absolute atomic E-state index is 11.4. The molecule has 0 fully saturated rings. The summed E-state index contributed by atoms with van der Waals surface area (Å²) in [5.41, 5.74) is 0.980. The largest absolute Gasteiger partial charge is 0.497 e. The van der Waals surface area contributed by atoms with Crippen molar-refractivity contribution < 1.29 is 14.3 Å². The minimum Gasteiger partial charge on any atom is -0.497 e. The molecule has 3 aromatic rings. The van der Waals surface area contributed by atoms with Crippen LogP contribution in [0.2, 0.25) is 0 Å². The SMILES string of the molecule is COc1ccc(-c2sc3ccncc3c2OC(C)=O)cc1. The lowest BCUT2D eigenvalue weighted by Gasteiger charge is -2.05. The number of hydrogen-bond acceptors (Lipinski definition) is 5. The summed E-state index contributed by atoms with van der Waals surface area (Å²) >= 11 is 1.57. The number of fused-ring (bicyclic) bond motifs is 1. The zero-order chi connectivity index (χ0) is 14.8. The van der Waals surface area contributed by atoms with Gasteiger partial charge < -0.3 is 9.47 Å². The van der Waals surface area contributed by atoms with Crippen molar-refractivity contribution in [3.8, 4) is 21.9 Å². The van der Waals surface area contributed by atoms with Crippen LogP contribution in [0.25, 0.3) is 20.5 Å². The van der Waals surface area contributed by atoms with Crippen molar-refractivity contribution in [2.75, 3.05) is 7.11 Å². The van der Waals surface area contributed by atoms with Crippen molar-refractivity contribution in [2.45, 2.75) is 6.92 Å². The molecule has 0 unspecified atom stereocenters. The van der Waals surface area contributed by atoms with Gasteiger partial charge in [0.1, 0.15) is 5.75 Å². The average Bonchev–Trinajstić information content (AvgIpc) is 2.86. The van der Waals surface area contributed by atoms with Crippen LogP contribution in [0.4, 0.5) is 0 Å². The number of benzene rings is 1. The zero-order valence-corrected chi connectivity index (χ0v) is 12.4. The van der Waals surface area contributed by atoms with Gasteiger partial charge in [0.25, 0.3) is 0 Å². The predicted molar refractivity (Wildman–Crippen MR) is 82.9 cm³/mol. The van der Waals surface area contributed by atoms with Crippen molar-refractivity contribution in [1.82, 2.24) is 4.98 Å². The van der Waals surface area contributed by atoms with Crippen molar-refractivity contribution >= 4 is 27.4 Å². The molecule has 0 aliphatic rings. The number of pyridine rings is 1. The fourth-order valence-corrected chi connectivity index (χ4v) is 3.20. The Kier molecular flexibility index (Phi) is 3.58. The van der Waals surface area contributed by atoms with Crippen molar-refractivity contribution in [2.24, 2.45) is 0 Å². The van der Waals surface area contributed by atoms with Gasteiger partial charge in [-0.05, 0) is 35.9 Å². The highest BCUT2D eigenvalue weighted by molar-refractivity contribution is 7.22. The van der Waals surface area contributed by atoms with Crippen LogP contribution >= 0.6 is 11.3 Å². The first kappa shape index (κ1) is 13.6. The molecule has 0 aliphatic carbocycles. The molecule has 0 aliphatic heterocycles. The minimum absolute atomic E-state index is 0.340. The summed E-state index contributed by atoms with van der Waals surface area (Å²) in [5, 5.41) is 0.850. The van der Waals surface area contributed by atoms with Gasteiger partial charge in [0.2, 0.25) is 0 Å². The Hall–Kier alpha value is -2.40. The number of rotatable bonds is 3. The normalized spacial score (nSPS) is 10.6. The van der Waals surface area contributed by atoms with Crippen LogP contribution in [-0.4, -0.2) is 18.1 Å². The van der Waals surface area contributed by atoms with Crippen LogP contribution in [0.5, 0.6) is 11.5 Å². The van der Waals surface area contributed by atoms with E-state index >= 15 is 0 Å². The molecular formula is C16H13NO3S. The molecule has 0 saturated heterocycles. The van der Waals surface area contributed by atoms with E-state index in [2.05, 4.69) is 4.98 Å². The van der Waals surface area contributed by atoms with Crippen LogP contribution in [0, 0.1) is 0 Å². The molecule has 5 heteroatoms. The van der Waals surface area contributed by atoms with E-state index in [1.165, 1.54) is 6.92 Å². The van der Waals surface area contributed by atoms with Crippen LogP contribution in [0.1, 0.15) is 6.92 Å². The maximum Gasteiger partial charge on any atom is 0.308 e. The van der Waals surface area contributed by atoms with Gasteiger partial charge in [0.05, 0.1) is 17.4 Å². The highest BCUT2D eigenvalue weighted by Crippen LogP contribution is 2.44. The highest BCUT2D eigenvalue weighted by atomic mass is 32.1. The highest BCUT2D eigenvalue weighted by Gasteiger charge is 2.17. The number of hydrogen-bond donors (Lipinski definition) is 0. The molecule has 0 saturated carbocycles. The van der Waals surface area contributed by atoms with Crippen molar-refractivity contribution in [3.05, 3.63) is 42.7 Å². The van der Waals surface area contributed by atoms with Crippen LogP contribution in [0.3, 0.4) is 0 Å². The third kappa shape index (κ3) is 2.60. The first-order valence-electron chi connectivity index (χ1n) is 6.38. The standard InChI is InChI=1S/C16H13NO3S/c1-10(18)20-15-13-9-17-8-7-14(13)21-16(15)11-3-5-12(19-2)6-4-11/h3-9H,1-2H3. The van der Waals surface area contributed by atoms with Gasteiger partial charge in [0, 0.05) is 24.0 Å². The molecule has 3 rings (SSSR count). The van der Waals surface area contributed by atoms with E-state index < -0.39 is 0 Å². The van der Waals surface area contributed by atoms with E-state index in [0.717, 1.165) is 26.3 Å². The number of esters is 1. The summed E-state index contributed by atoms with van der Waals surface area (Å²) in [5.74, 6) is 1.02. The average molecular weight is 299 g/mol. The number of nitrogens with zero attached hydrogens (tertiary/aromatic N) is 1. The Morgan fingerprint density at radius 1 is 1.19 bits per heavy atom. The fraction of sp³-hybridized carbons (Fsp3) is 0.125. The molecule has 2 heterocycles. The lowest BCUT2D eigenvalue weighted by molar-refractivity contribution is -0.131. The smallest absolute Gasteiger partial charge is 0.308 e. The summed E-state index contributed by atoms with van der Waals surface area (Å²) in [7, 11) is 1.63. The lowest BCUT2D eigenvalue weighted by Crippen LogP contribution is -2.01. The molecule has 106 valence electrons. The number of carbonyl (C=O) groups excluding carboxylic acids is 1. The number of ether oxygens (including phenoxy) is 2. The second kappa shape index (κ2) is 5.54. The molecule has 0 radical (unpaired) electrons. The number of aromatic nitrogens is 1. The summed E-state index contributed by atoms with van der Waals surface area (Å²) in [6.45, 7) is 1.40. The fourth-order valence-electron chi connectivity index (χ4n) is 2.10. The van der Waals surface area contributed by atoms with E-state index in [1.54, 1.807) is 30.8 Å². The topological polar surface area (TPSA) is 48.4 Å².